The number of anilines is 1. The lowest BCUT2D eigenvalue weighted by atomic mass is 10.2. The van der Waals surface area contributed by atoms with Crippen LogP contribution < -0.4 is 5.73 Å². The second-order valence-electron chi connectivity index (χ2n) is 3.94. The second kappa shape index (κ2) is 3.08. The molecule has 0 amide bonds. The number of aromatic amines is 1. The van der Waals surface area contributed by atoms with Crippen LogP contribution in [-0.2, 0) is 0 Å². The van der Waals surface area contributed by atoms with Crippen LogP contribution in [0.1, 0.15) is 24.6 Å². The molecule has 0 aliphatic heterocycles. The number of nitrogens with zero attached hydrogens (tertiary/aromatic N) is 2. The predicted molar refractivity (Wildman–Crippen MR) is 58.2 cm³/mol. The molecule has 0 spiro atoms. The van der Waals surface area contributed by atoms with E-state index in [-0.39, 0.29) is 0 Å². The fraction of sp³-hybridized carbons (Fsp3) is 0.273. The van der Waals surface area contributed by atoms with E-state index in [1.807, 2.05) is 24.3 Å². The number of rotatable bonds is 2. The van der Waals surface area contributed by atoms with Crippen molar-refractivity contribution in [3.63, 3.8) is 0 Å². The summed E-state index contributed by atoms with van der Waals surface area (Å²) in [6.45, 7) is 0. The smallest absolute Gasteiger partial charge is 0.181 e. The monoisotopic (exact) mass is 200 g/mol. The minimum absolute atomic E-state index is 0.604. The second-order valence-corrected chi connectivity index (χ2v) is 3.94. The first-order valence-electron chi connectivity index (χ1n) is 5.11. The van der Waals surface area contributed by atoms with Gasteiger partial charge in [-0.3, -0.25) is 5.10 Å². The maximum absolute atomic E-state index is 5.71. The predicted octanol–water partition coefficient (Wildman–Crippen LogP) is 1.93. The number of hydrogen-bond acceptors (Lipinski definition) is 3. The van der Waals surface area contributed by atoms with Crippen molar-refractivity contribution in [2.45, 2.75) is 18.8 Å². The molecule has 1 aromatic heterocycles. The van der Waals surface area contributed by atoms with Crippen LogP contribution >= 0.6 is 0 Å². The Morgan fingerprint density at radius 3 is 2.93 bits per heavy atom. The van der Waals surface area contributed by atoms with E-state index in [0.29, 0.717) is 5.92 Å². The summed E-state index contributed by atoms with van der Waals surface area (Å²) in [4.78, 5) is 4.46. The maximum atomic E-state index is 5.71. The first kappa shape index (κ1) is 8.47. The molecule has 3 rings (SSSR count). The first-order chi connectivity index (χ1) is 7.33. The SMILES string of the molecule is Nc1cccc(-c2n[nH]c(C3CC3)n2)c1. The van der Waals surface area contributed by atoms with Crippen molar-refractivity contribution in [2.75, 3.05) is 5.73 Å². The van der Waals surface area contributed by atoms with Crippen molar-refractivity contribution < 1.29 is 0 Å². The van der Waals surface area contributed by atoms with Gasteiger partial charge in [-0.25, -0.2) is 4.98 Å². The molecule has 1 fully saturated rings. The summed E-state index contributed by atoms with van der Waals surface area (Å²) in [7, 11) is 0. The van der Waals surface area contributed by atoms with Gasteiger partial charge in [0.05, 0.1) is 0 Å². The number of nitrogens with two attached hydrogens (primary N) is 1. The Hall–Kier alpha value is -1.84. The zero-order valence-electron chi connectivity index (χ0n) is 8.27. The molecule has 1 saturated carbocycles. The Morgan fingerprint density at radius 1 is 1.33 bits per heavy atom. The molecule has 0 saturated heterocycles. The minimum atomic E-state index is 0.604. The third kappa shape index (κ3) is 1.58. The summed E-state index contributed by atoms with van der Waals surface area (Å²) in [6, 6.07) is 7.63. The van der Waals surface area contributed by atoms with E-state index < -0.39 is 0 Å². The number of nitrogens with one attached hydrogen (secondary N) is 1. The molecular weight excluding hydrogens is 188 g/mol. The van der Waals surface area contributed by atoms with Crippen molar-refractivity contribution in [1.82, 2.24) is 15.2 Å². The molecule has 0 unspecified atom stereocenters. The van der Waals surface area contributed by atoms with Crippen LogP contribution in [0.2, 0.25) is 0 Å². The molecule has 76 valence electrons. The molecule has 1 aromatic carbocycles. The molecular formula is C11H12N4. The highest BCUT2D eigenvalue weighted by Crippen LogP contribution is 2.38. The van der Waals surface area contributed by atoms with E-state index in [9.17, 15) is 0 Å². The minimum Gasteiger partial charge on any atom is -0.399 e. The molecule has 1 aliphatic carbocycles. The van der Waals surface area contributed by atoms with Crippen LogP contribution in [0.25, 0.3) is 11.4 Å². The molecule has 0 bridgehead atoms. The van der Waals surface area contributed by atoms with E-state index in [1.54, 1.807) is 0 Å². The molecule has 15 heavy (non-hydrogen) atoms. The number of H-pyrrole nitrogens is 1. The van der Waals surface area contributed by atoms with Gasteiger partial charge in [0, 0.05) is 17.2 Å². The highest BCUT2D eigenvalue weighted by molar-refractivity contribution is 5.60. The fourth-order valence-electron chi connectivity index (χ4n) is 1.62. The summed E-state index contributed by atoms with van der Waals surface area (Å²) in [5.41, 5.74) is 7.42. The van der Waals surface area contributed by atoms with Crippen molar-refractivity contribution >= 4 is 5.69 Å². The number of nitrogen functional groups attached to an aromatic ring is 1. The highest BCUT2D eigenvalue weighted by Gasteiger charge is 2.27. The van der Waals surface area contributed by atoms with Gasteiger partial charge < -0.3 is 5.73 Å². The van der Waals surface area contributed by atoms with Crippen molar-refractivity contribution in [3.05, 3.63) is 30.1 Å². The maximum Gasteiger partial charge on any atom is 0.181 e. The Balaban J connectivity index is 1.97. The average molecular weight is 200 g/mol. The topological polar surface area (TPSA) is 67.6 Å². The van der Waals surface area contributed by atoms with E-state index in [0.717, 1.165) is 22.9 Å². The summed E-state index contributed by atoms with van der Waals surface area (Å²) in [6.07, 6.45) is 2.46. The average Bonchev–Trinajstić information content (AvgIpc) is 2.97. The molecule has 0 atom stereocenters. The van der Waals surface area contributed by atoms with Crippen molar-refractivity contribution in [3.8, 4) is 11.4 Å². The molecule has 3 N–H and O–H groups in total. The lowest BCUT2D eigenvalue weighted by molar-refractivity contribution is 0.935. The van der Waals surface area contributed by atoms with Crippen LogP contribution in [-0.4, -0.2) is 15.2 Å². The molecule has 1 heterocycles. The summed E-state index contributed by atoms with van der Waals surface area (Å²) in [5, 5.41) is 7.18. The zero-order chi connectivity index (χ0) is 10.3. The van der Waals surface area contributed by atoms with E-state index in [1.165, 1.54) is 12.8 Å². The number of benzene rings is 1. The van der Waals surface area contributed by atoms with Gasteiger partial charge in [0.2, 0.25) is 0 Å². The van der Waals surface area contributed by atoms with Gasteiger partial charge in [0.25, 0.3) is 0 Å². The lowest BCUT2D eigenvalue weighted by Crippen LogP contribution is -1.86. The summed E-state index contributed by atoms with van der Waals surface area (Å²) < 4.78 is 0. The molecule has 1 aliphatic rings. The first-order valence-corrected chi connectivity index (χ1v) is 5.11. The van der Waals surface area contributed by atoms with Gasteiger partial charge in [-0.05, 0) is 25.0 Å². The Bertz CT molecular complexity index is 485. The third-order valence-electron chi connectivity index (χ3n) is 2.61. The Kier molecular flexibility index (Phi) is 1.74. The van der Waals surface area contributed by atoms with Crippen molar-refractivity contribution in [1.29, 1.82) is 0 Å². The summed E-state index contributed by atoms with van der Waals surface area (Å²) in [5.74, 6) is 2.35. The van der Waals surface area contributed by atoms with Gasteiger partial charge >= 0.3 is 0 Å². The van der Waals surface area contributed by atoms with Gasteiger partial charge in [-0.15, -0.1) is 0 Å². The quantitative estimate of drug-likeness (QED) is 0.728. The fourth-order valence-corrected chi connectivity index (χ4v) is 1.62. The zero-order valence-corrected chi connectivity index (χ0v) is 8.27. The molecule has 4 nitrogen and oxygen atoms in total. The normalized spacial score (nSPS) is 15.5. The lowest BCUT2D eigenvalue weighted by Gasteiger charge is -1.95. The Morgan fingerprint density at radius 2 is 2.20 bits per heavy atom. The van der Waals surface area contributed by atoms with Crippen LogP contribution in [0.3, 0.4) is 0 Å². The molecule has 2 aromatic rings. The van der Waals surface area contributed by atoms with Gasteiger partial charge in [0.15, 0.2) is 5.82 Å². The van der Waals surface area contributed by atoms with Crippen LogP contribution in [0.15, 0.2) is 24.3 Å². The standard InChI is InChI=1S/C11H12N4/c12-9-3-1-2-8(6-9)11-13-10(14-15-11)7-4-5-7/h1-3,6-7H,4-5,12H2,(H,13,14,15). The van der Waals surface area contributed by atoms with E-state index in [2.05, 4.69) is 15.2 Å². The Labute approximate surface area is 87.5 Å². The largest absolute Gasteiger partial charge is 0.399 e. The van der Waals surface area contributed by atoms with Gasteiger partial charge in [-0.1, -0.05) is 12.1 Å². The highest BCUT2D eigenvalue weighted by atomic mass is 15.2. The number of hydrogen-bond donors (Lipinski definition) is 2. The van der Waals surface area contributed by atoms with Gasteiger partial charge in [-0.2, -0.15) is 5.10 Å². The summed E-state index contributed by atoms with van der Waals surface area (Å²) >= 11 is 0. The van der Waals surface area contributed by atoms with Crippen LogP contribution in [0, 0.1) is 0 Å². The number of aromatic nitrogens is 3. The third-order valence-corrected chi connectivity index (χ3v) is 2.61. The van der Waals surface area contributed by atoms with Crippen LogP contribution in [0.5, 0.6) is 0 Å². The molecule has 4 heteroatoms. The van der Waals surface area contributed by atoms with Gasteiger partial charge in [0.1, 0.15) is 5.82 Å². The van der Waals surface area contributed by atoms with E-state index in [4.69, 9.17) is 5.73 Å². The van der Waals surface area contributed by atoms with Crippen molar-refractivity contribution in [2.24, 2.45) is 0 Å². The van der Waals surface area contributed by atoms with E-state index >= 15 is 0 Å². The molecule has 0 radical (unpaired) electrons. The van der Waals surface area contributed by atoms with Crippen LogP contribution in [0.4, 0.5) is 5.69 Å².